The summed E-state index contributed by atoms with van der Waals surface area (Å²) in [7, 11) is 0. The third-order valence-corrected chi connectivity index (χ3v) is 4.04. The predicted octanol–water partition coefficient (Wildman–Crippen LogP) is 4.15. The molecule has 4 aromatic rings. The molecule has 6 heteroatoms. The second-order valence-electron chi connectivity index (χ2n) is 6.09. The van der Waals surface area contributed by atoms with E-state index in [9.17, 15) is 0 Å². The van der Waals surface area contributed by atoms with Gasteiger partial charge in [-0.1, -0.05) is 48.5 Å². The lowest BCUT2D eigenvalue weighted by molar-refractivity contribution is 0.485. The molecule has 2 aromatic heterocycles. The fraction of sp³-hybridized carbons (Fsp3) is 0.150. The Kier molecular flexibility index (Phi) is 4.47. The first-order chi connectivity index (χ1) is 12.8. The minimum absolute atomic E-state index is 0.116. The van der Waals surface area contributed by atoms with Crippen molar-refractivity contribution in [2.24, 2.45) is 0 Å². The Bertz CT molecular complexity index is 962. The highest BCUT2D eigenvalue weighted by Crippen LogP contribution is 2.22. The van der Waals surface area contributed by atoms with Crippen molar-refractivity contribution in [2.45, 2.75) is 19.5 Å². The molecule has 1 atom stereocenters. The van der Waals surface area contributed by atoms with Crippen molar-refractivity contribution in [3.63, 3.8) is 0 Å². The molecule has 0 fully saturated rings. The first-order valence-corrected chi connectivity index (χ1v) is 8.50. The summed E-state index contributed by atoms with van der Waals surface area (Å²) in [6.45, 7) is 2.71. The maximum Gasteiger partial charge on any atom is 0.247 e. The van der Waals surface area contributed by atoms with Crippen LogP contribution in [0.2, 0.25) is 0 Å². The van der Waals surface area contributed by atoms with E-state index in [1.165, 1.54) is 5.56 Å². The lowest BCUT2D eigenvalue weighted by Gasteiger charge is -2.08. The number of rotatable bonds is 6. The van der Waals surface area contributed by atoms with E-state index < -0.39 is 0 Å². The van der Waals surface area contributed by atoms with Gasteiger partial charge in [0.25, 0.3) is 0 Å². The lowest BCUT2D eigenvalue weighted by atomic mass is 10.2. The van der Waals surface area contributed by atoms with E-state index in [-0.39, 0.29) is 6.04 Å². The zero-order chi connectivity index (χ0) is 17.8. The fourth-order valence-corrected chi connectivity index (χ4v) is 2.71. The molecule has 2 aromatic carbocycles. The van der Waals surface area contributed by atoms with Crippen LogP contribution in [0.15, 0.2) is 77.5 Å². The Morgan fingerprint density at radius 2 is 1.73 bits per heavy atom. The smallest absolute Gasteiger partial charge is 0.247 e. The average molecular weight is 345 g/mol. The molecule has 0 saturated heterocycles. The molecule has 0 unspecified atom stereocenters. The molecule has 0 saturated carbocycles. The standard InChI is InChI=1S/C20H19N5O/c1-15(19-23-24-20(26-19)17-10-6-3-7-11-17)22-18-12-21-25(14-18)13-16-8-4-2-5-9-16/h2-12,14-15,22H,13H2,1H3/t15-/m1/s1. The average Bonchev–Trinajstić information content (AvgIpc) is 3.33. The van der Waals surface area contributed by atoms with Gasteiger partial charge >= 0.3 is 0 Å². The lowest BCUT2D eigenvalue weighted by Crippen LogP contribution is -2.06. The van der Waals surface area contributed by atoms with Crippen LogP contribution in [0.5, 0.6) is 0 Å². The minimum Gasteiger partial charge on any atom is -0.418 e. The van der Waals surface area contributed by atoms with Gasteiger partial charge in [0.1, 0.15) is 6.04 Å². The third-order valence-electron chi connectivity index (χ3n) is 4.04. The number of hydrogen-bond donors (Lipinski definition) is 1. The Balaban J connectivity index is 1.42. The monoisotopic (exact) mass is 345 g/mol. The van der Waals surface area contributed by atoms with Gasteiger partial charge in [0.05, 0.1) is 18.4 Å². The van der Waals surface area contributed by atoms with Crippen molar-refractivity contribution in [1.82, 2.24) is 20.0 Å². The molecule has 0 radical (unpaired) electrons. The van der Waals surface area contributed by atoms with Crippen LogP contribution in [0, 0.1) is 0 Å². The summed E-state index contributed by atoms with van der Waals surface area (Å²) < 4.78 is 7.69. The van der Waals surface area contributed by atoms with Crippen molar-refractivity contribution >= 4 is 5.69 Å². The van der Waals surface area contributed by atoms with Crippen LogP contribution < -0.4 is 5.32 Å². The summed E-state index contributed by atoms with van der Waals surface area (Å²) in [6, 6.07) is 19.9. The number of nitrogens with zero attached hydrogens (tertiary/aromatic N) is 4. The Labute approximate surface area is 151 Å². The van der Waals surface area contributed by atoms with Gasteiger partial charge in [0.15, 0.2) is 0 Å². The highest BCUT2D eigenvalue weighted by atomic mass is 16.4. The van der Waals surface area contributed by atoms with Crippen LogP contribution in [0.1, 0.15) is 24.4 Å². The first kappa shape index (κ1) is 16.1. The van der Waals surface area contributed by atoms with Gasteiger partial charge in [-0.05, 0) is 24.6 Å². The van der Waals surface area contributed by atoms with E-state index in [1.807, 2.05) is 66.3 Å². The summed E-state index contributed by atoms with van der Waals surface area (Å²) in [5.74, 6) is 1.06. The van der Waals surface area contributed by atoms with Crippen LogP contribution >= 0.6 is 0 Å². The van der Waals surface area contributed by atoms with Gasteiger partial charge in [-0.25, -0.2) is 0 Å². The van der Waals surface area contributed by atoms with Gasteiger partial charge in [0.2, 0.25) is 11.8 Å². The van der Waals surface area contributed by atoms with Crippen molar-refractivity contribution < 1.29 is 4.42 Å². The van der Waals surface area contributed by atoms with Crippen LogP contribution in [0.3, 0.4) is 0 Å². The summed E-state index contributed by atoms with van der Waals surface area (Å²) in [5.41, 5.74) is 3.03. The van der Waals surface area contributed by atoms with Crippen molar-refractivity contribution in [2.75, 3.05) is 5.32 Å². The largest absolute Gasteiger partial charge is 0.418 e. The molecule has 0 bridgehead atoms. The van der Waals surface area contributed by atoms with E-state index in [1.54, 1.807) is 6.20 Å². The highest BCUT2D eigenvalue weighted by molar-refractivity contribution is 5.52. The normalized spacial score (nSPS) is 12.0. The highest BCUT2D eigenvalue weighted by Gasteiger charge is 2.15. The number of nitrogens with one attached hydrogen (secondary N) is 1. The zero-order valence-corrected chi connectivity index (χ0v) is 14.4. The van der Waals surface area contributed by atoms with Crippen LogP contribution in [-0.4, -0.2) is 20.0 Å². The molecular weight excluding hydrogens is 326 g/mol. The van der Waals surface area contributed by atoms with Gasteiger partial charge in [0, 0.05) is 11.8 Å². The molecule has 0 aliphatic rings. The molecule has 130 valence electrons. The van der Waals surface area contributed by atoms with Crippen molar-refractivity contribution in [3.8, 4) is 11.5 Å². The van der Waals surface area contributed by atoms with E-state index in [0.717, 1.165) is 17.8 Å². The van der Waals surface area contributed by atoms with E-state index in [4.69, 9.17) is 4.42 Å². The van der Waals surface area contributed by atoms with Gasteiger partial charge < -0.3 is 9.73 Å². The van der Waals surface area contributed by atoms with E-state index >= 15 is 0 Å². The number of anilines is 1. The molecule has 2 heterocycles. The summed E-state index contributed by atoms with van der Waals surface area (Å²) >= 11 is 0. The molecule has 26 heavy (non-hydrogen) atoms. The summed E-state index contributed by atoms with van der Waals surface area (Å²) in [5, 5.41) is 16.0. The number of hydrogen-bond acceptors (Lipinski definition) is 5. The van der Waals surface area contributed by atoms with Gasteiger partial charge in [-0.3, -0.25) is 4.68 Å². The topological polar surface area (TPSA) is 68.8 Å². The SMILES string of the molecule is C[C@@H](Nc1cnn(Cc2ccccc2)c1)c1nnc(-c2ccccc2)o1. The van der Waals surface area contributed by atoms with Gasteiger partial charge in [-0.2, -0.15) is 5.10 Å². The molecule has 0 aliphatic heterocycles. The van der Waals surface area contributed by atoms with E-state index in [0.29, 0.717) is 11.8 Å². The Morgan fingerprint density at radius 3 is 2.50 bits per heavy atom. The fourth-order valence-electron chi connectivity index (χ4n) is 2.71. The third kappa shape index (κ3) is 3.64. The predicted molar refractivity (Wildman–Crippen MR) is 99.5 cm³/mol. The molecule has 0 aliphatic carbocycles. The number of aromatic nitrogens is 4. The first-order valence-electron chi connectivity index (χ1n) is 8.50. The maximum absolute atomic E-state index is 5.79. The number of benzene rings is 2. The molecule has 4 rings (SSSR count). The Hall–Kier alpha value is -3.41. The molecular formula is C20H19N5O. The van der Waals surface area contributed by atoms with Crippen LogP contribution in [0.4, 0.5) is 5.69 Å². The van der Waals surface area contributed by atoms with E-state index in [2.05, 4.69) is 32.7 Å². The van der Waals surface area contributed by atoms with Gasteiger partial charge in [-0.15, -0.1) is 10.2 Å². The van der Waals surface area contributed by atoms with Crippen molar-refractivity contribution in [3.05, 3.63) is 84.5 Å². The van der Waals surface area contributed by atoms with Crippen LogP contribution in [0.25, 0.3) is 11.5 Å². The maximum atomic E-state index is 5.79. The van der Waals surface area contributed by atoms with Crippen LogP contribution in [-0.2, 0) is 6.54 Å². The second kappa shape index (κ2) is 7.23. The Morgan fingerprint density at radius 1 is 1.00 bits per heavy atom. The quantitative estimate of drug-likeness (QED) is 0.568. The van der Waals surface area contributed by atoms with Crippen molar-refractivity contribution in [1.29, 1.82) is 0 Å². The molecule has 0 spiro atoms. The second-order valence-corrected chi connectivity index (χ2v) is 6.09. The zero-order valence-electron chi connectivity index (χ0n) is 14.4. The minimum atomic E-state index is -0.116. The molecule has 0 amide bonds. The molecule has 6 nitrogen and oxygen atoms in total. The summed E-state index contributed by atoms with van der Waals surface area (Å²) in [4.78, 5) is 0. The summed E-state index contributed by atoms with van der Waals surface area (Å²) in [6.07, 6.45) is 3.77. The molecule has 1 N–H and O–H groups in total.